The number of para-hydroxylation sites is 2. The van der Waals surface area contributed by atoms with Crippen molar-refractivity contribution in [3.05, 3.63) is 72.4 Å². The Hall–Kier alpha value is -2.90. The normalized spacial score (nSPS) is 18.6. The molecule has 1 aliphatic carbocycles. The lowest BCUT2D eigenvalue weighted by atomic mass is 9.84. The van der Waals surface area contributed by atoms with Crippen molar-refractivity contribution in [1.29, 1.82) is 0 Å². The van der Waals surface area contributed by atoms with Gasteiger partial charge in [0.05, 0.1) is 21.4 Å². The van der Waals surface area contributed by atoms with Crippen molar-refractivity contribution >= 4 is 32.4 Å². The third-order valence-corrected chi connectivity index (χ3v) is 9.39. The van der Waals surface area contributed by atoms with Crippen molar-refractivity contribution in [3.8, 4) is 0 Å². The molecule has 0 amide bonds. The minimum atomic E-state index is -3.50. The molecule has 1 aliphatic heterocycles. The van der Waals surface area contributed by atoms with Crippen molar-refractivity contribution in [2.75, 3.05) is 31.1 Å². The summed E-state index contributed by atoms with van der Waals surface area (Å²) in [6.07, 6.45) is 8.35. The van der Waals surface area contributed by atoms with Crippen molar-refractivity contribution < 1.29 is 8.42 Å². The topological polar surface area (TPSA) is 57.9 Å². The number of hydrogen-bond acceptors (Lipinski definition) is 4. The second kappa shape index (κ2) is 8.71. The number of sulfonamides is 1. The van der Waals surface area contributed by atoms with Crippen LogP contribution in [-0.4, -0.2) is 48.3 Å². The van der Waals surface area contributed by atoms with Crippen LogP contribution in [0.2, 0.25) is 0 Å². The Labute approximate surface area is 200 Å². The number of fused-ring (bicyclic) bond motifs is 3. The molecule has 0 atom stereocenters. The summed E-state index contributed by atoms with van der Waals surface area (Å²) in [5.41, 5.74) is 4.34. The van der Waals surface area contributed by atoms with E-state index in [9.17, 15) is 8.42 Å². The number of aromatic nitrogens is 2. The Morgan fingerprint density at radius 3 is 2.24 bits per heavy atom. The van der Waals surface area contributed by atoms with Gasteiger partial charge >= 0.3 is 0 Å². The molecule has 2 aromatic carbocycles. The number of piperazine rings is 1. The van der Waals surface area contributed by atoms with Gasteiger partial charge in [0.25, 0.3) is 0 Å². The van der Waals surface area contributed by atoms with Crippen LogP contribution in [0.4, 0.5) is 5.82 Å². The van der Waals surface area contributed by atoms with Crippen LogP contribution in [-0.2, 0) is 10.0 Å². The molecule has 1 saturated carbocycles. The standard InChI is InChI=1S/C27H30N4O2S/c32-34(33,23-14-12-22(13-15-23)21-7-2-1-3-8-21)30-19-17-29(18-20-30)27-26-11-6-16-31(26)25-10-5-4-9-24(25)28-27/h4-6,9-16,21H,1-3,7-8,17-20H2. The number of anilines is 1. The molecule has 4 aromatic rings. The SMILES string of the molecule is O=S(=O)(c1ccc(C2CCCCC2)cc1)N1CCN(c2nc3ccccc3n3cccc23)CC1. The van der Waals surface area contributed by atoms with Crippen LogP contribution in [0.15, 0.2) is 71.8 Å². The Morgan fingerprint density at radius 2 is 1.47 bits per heavy atom. The number of rotatable bonds is 4. The third-order valence-electron chi connectivity index (χ3n) is 7.48. The van der Waals surface area contributed by atoms with Crippen molar-refractivity contribution in [3.63, 3.8) is 0 Å². The molecular weight excluding hydrogens is 444 g/mol. The molecule has 0 radical (unpaired) electrons. The van der Waals surface area contributed by atoms with Crippen LogP contribution in [0, 0.1) is 0 Å². The van der Waals surface area contributed by atoms with Crippen molar-refractivity contribution in [2.24, 2.45) is 0 Å². The molecule has 6 nitrogen and oxygen atoms in total. The molecule has 2 fully saturated rings. The van der Waals surface area contributed by atoms with Gasteiger partial charge in [0.1, 0.15) is 0 Å². The van der Waals surface area contributed by atoms with Gasteiger partial charge in [-0.3, -0.25) is 0 Å². The van der Waals surface area contributed by atoms with Gasteiger partial charge in [-0.25, -0.2) is 13.4 Å². The summed E-state index contributed by atoms with van der Waals surface area (Å²) in [4.78, 5) is 7.55. The van der Waals surface area contributed by atoms with E-state index in [0.29, 0.717) is 37.0 Å². The van der Waals surface area contributed by atoms with E-state index in [1.54, 1.807) is 16.4 Å². The average Bonchev–Trinajstić information content (AvgIpc) is 3.39. The lowest BCUT2D eigenvalue weighted by Crippen LogP contribution is -2.49. The smallest absolute Gasteiger partial charge is 0.243 e. The predicted molar refractivity (Wildman–Crippen MR) is 136 cm³/mol. The van der Waals surface area contributed by atoms with E-state index in [4.69, 9.17) is 4.98 Å². The zero-order chi connectivity index (χ0) is 23.1. The molecule has 2 aliphatic rings. The fourth-order valence-corrected chi connectivity index (χ4v) is 7.00. The maximum atomic E-state index is 13.4. The highest BCUT2D eigenvalue weighted by Gasteiger charge is 2.30. The minimum Gasteiger partial charge on any atom is -0.352 e. The summed E-state index contributed by atoms with van der Waals surface area (Å²) >= 11 is 0. The Bertz CT molecular complexity index is 1410. The third kappa shape index (κ3) is 3.77. The number of benzene rings is 2. The van der Waals surface area contributed by atoms with Crippen LogP contribution in [0.25, 0.3) is 16.6 Å². The molecule has 0 N–H and O–H groups in total. The lowest BCUT2D eigenvalue weighted by molar-refractivity contribution is 0.384. The number of nitrogens with zero attached hydrogens (tertiary/aromatic N) is 4. The van der Waals surface area contributed by atoms with Crippen molar-refractivity contribution in [1.82, 2.24) is 13.7 Å². The highest BCUT2D eigenvalue weighted by molar-refractivity contribution is 7.89. The fraction of sp³-hybridized carbons (Fsp3) is 0.370. The Kier molecular flexibility index (Phi) is 5.54. The lowest BCUT2D eigenvalue weighted by Gasteiger charge is -2.35. The second-order valence-corrected chi connectivity index (χ2v) is 11.4. The molecule has 0 spiro atoms. The maximum Gasteiger partial charge on any atom is 0.243 e. The predicted octanol–water partition coefficient (Wildman–Crippen LogP) is 5.05. The molecule has 1 saturated heterocycles. The fourth-order valence-electron chi connectivity index (χ4n) is 5.58. The second-order valence-electron chi connectivity index (χ2n) is 9.48. The van der Waals surface area contributed by atoms with Gasteiger partial charge in [-0.2, -0.15) is 4.31 Å². The van der Waals surface area contributed by atoms with E-state index in [2.05, 4.69) is 27.6 Å². The van der Waals surface area contributed by atoms with Crippen LogP contribution >= 0.6 is 0 Å². The quantitative estimate of drug-likeness (QED) is 0.416. The summed E-state index contributed by atoms with van der Waals surface area (Å²) in [6.45, 7) is 2.14. The molecule has 176 valence electrons. The van der Waals surface area contributed by atoms with Gasteiger partial charge in [0.2, 0.25) is 10.0 Å². The first-order chi connectivity index (χ1) is 16.6. The first-order valence-corrected chi connectivity index (χ1v) is 13.8. The first kappa shape index (κ1) is 21.6. The highest BCUT2D eigenvalue weighted by Crippen LogP contribution is 2.33. The first-order valence-electron chi connectivity index (χ1n) is 12.3. The minimum absolute atomic E-state index is 0.401. The summed E-state index contributed by atoms with van der Waals surface area (Å²) in [5, 5.41) is 0. The maximum absolute atomic E-state index is 13.4. The highest BCUT2D eigenvalue weighted by atomic mass is 32.2. The molecule has 6 rings (SSSR count). The van der Waals surface area contributed by atoms with Crippen LogP contribution in [0.1, 0.15) is 43.6 Å². The summed E-state index contributed by atoms with van der Waals surface area (Å²) < 4.78 is 30.5. The molecule has 3 heterocycles. The summed E-state index contributed by atoms with van der Waals surface area (Å²) in [7, 11) is -3.50. The summed E-state index contributed by atoms with van der Waals surface area (Å²) in [5.74, 6) is 1.49. The van der Waals surface area contributed by atoms with E-state index in [-0.39, 0.29) is 0 Å². The molecular formula is C27H30N4O2S. The van der Waals surface area contributed by atoms with Crippen LogP contribution < -0.4 is 4.90 Å². The largest absolute Gasteiger partial charge is 0.352 e. The molecule has 34 heavy (non-hydrogen) atoms. The molecule has 0 unspecified atom stereocenters. The van der Waals surface area contributed by atoms with E-state index in [1.807, 2.05) is 36.4 Å². The van der Waals surface area contributed by atoms with Gasteiger partial charge in [0, 0.05) is 32.4 Å². The molecule has 2 aromatic heterocycles. The van der Waals surface area contributed by atoms with Crippen LogP contribution in [0.5, 0.6) is 0 Å². The molecule has 7 heteroatoms. The Balaban J connectivity index is 1.20. The number of hydrogen-bond donors (Lipinski definition) is 0. The van der Waals surface area contributed by atoms with Gasteiger partial charge in [-0.1, -0.05) is 43.5 Å². The van der Waals surface area contributed by atoms with E-state index in [0.717, 1.165) is 22.4 Å². The van der Waals surface area contributed by atoms with E-state index >= 15 is 0 Å². The molecule has 0 bridgehead atoms. The van der Waals surface area contributed by atoms with E-state index < -0.39 is 10.0 Å². The van der Waals surface area contributed by atoms with Crippen molar-refractivity contribution in [2.45, 2.75) is 42.9 Å². The Morgan fingerprint density at radius 1 is 0.765 bits per heavy atom. The van der Waals surface area contributed by atoms with Crippen LogP contribution in [0.3, 0.4) is 0 Å². The van der Waals surface area contributed by atoms with Gasteiger partial charge in [-0.15, -0.1) is 0 Å². The van der Waals surface area contributed by atoms with Gasteiger partial charge in [0.15, 0.2) is 5.82 Å². The monoisotopic (exact) mass is 474 g/mol. The van der Waals surface area contributed by atoms with Gasteiger partial charge < -0.3 is 9.30 Å². The van der Waals surface area contributed by atoms with Gasteiger partial charge in [-0.05, 0) is 60.7 Å². The average molecular weight is 475 g/mol. The van der Waals surface area contributed by atoms with E-state index in [1.165, 1.54) is 37.7 Å². The zero-order valence-corrected chi connectivity index (χ0v) is 20.1. The zero-order valence-electron chi connectivity index (χ0n) is 19.3. The summed E-state index contributed by atoms with van der Waals surface area (Å²) in [6, 6.07) is 19.9.